The van der Waals surface area contributed by atoms with E-state index in [0.29, 0.717) is 11.8 Å². The molecule has 0 atom stereocenters. The fraction of sp³-hybridized carbons (Fsp3) is 0.368. The fourth-order valence-electron chi connectivity index (χ4n) is 8.08. The van der Waals surface area contributed by atoms with Crippen molar-refractivity contribution in [2.24, 2.45) is 0 Å². The first-order valence-electron chi connectivity index (χ1n) is 15.2. The van der Waals surface area contributed by atoms with Crippen molar-refractivity contribution >= 4 is 11.4 Å². The normalized spacial score (nSPS) is 18.3. The molecule has 4 aromatic rings. The number of nitrogens with zero attached hydrogens (tertiary/aromatic N) is 1. The molecule has 0 unspecified atom stereocenters. The molecule has 1 nitrogen and oxygen atoms in total. The van der Waals surface area contributed by atoms with Gasteiger partial charge in [0.25, 0.3) is 0 Å². The minimum Gasteiger partial charge on any atom is -0.344 e. The largest absolute Gasteiger partial charge is 0.344 e. The molecule has 0 radical (unpaired) electrons. The van der Waals surface area contributed by atoms with Gasteiger partial charge in [-0.1, -0.05) is 118 Å². The van der Waals surface area contributed by atoms with Gasteiger partial charge in [0, 0.05) is 23.7 Å². The van der Waals surface area contributed by atoms with E-state index in [1.807, 2.05) is 0 Å². The number of fused-ring (bicyclic) bond motifs is 3. The molecule has 1 heteroatoms. The van der Waals surface area contributed by atoms with E-state index in [1.54, 1.807) is 5.56 Å². The van der Waals surface area contributed by atoms with Crippen LogP contribution in [0.25, 0.3) is 22.3 Å². The van der Waals surface area contributed by atoms with Gasteiger partial charge in [0.1, 0.15) is 0 Å². The minimum absolute atomic E-state index is 0.0351. The van der Waals surface area contributed by atoms with Crippen LogP contribution in [0.1, 0.15) is 99.3 Å². The molecule has 2 fully saturated rings. The molecule has 0 saturated heterocycles. The van der Waals surface area contributed by atoms with E-state index in [-0.39, 0.29) is 5.41 Å². The van der Waals surface area contributed by atoms with Gasteiger partial charge >= 0.3 is 0 Å². The number of benzene rings is 4. The van der Waals surface area contributed by atoms with Gasteiger partial charge in [0.2, 0.25) is 0 Å². The van der Waals surface area contributed by atoms with E-state index in [1.165, 1.54) is 102 Å². The lowest BCUT2D eigenvalue weighted by Crippen LogP contribution is -2.19. The Balaban J connectivity index is 1.46. The van der Waals surface area contributed by atoms with Gasteiger partial charge in [-0.3, -0.25) is 0 Å². The highest BCUT2D eigenvalue weighted by molar-refractivity contribution is 5.89. The van der Waals surface area contributed by atoms with Crippen molar-refractivity contribution in [3.8, 4) is 22.3 Å². The predicted octanol–water partition coefficient (Wildman–Crippen LogP) is 10.7. The molecule has 0 bridgehead atoms. The van der Waals surface area contributed by atoms with Crippen LogP contribution >= 0.6 is 0 Å². The van der Waals surface area contributed by atoms with Crippen LogP contribution in [0.2, 0.25) is 0 Å². The van der Waals surface area contributed by atoms with E-state index in [0.717, 1.165) is 0 Å². The van der Waals surface area contributed by atoms with Crippen LogP contribution in [-0.2, 0) is 5.41 Å². The van der Waals surface area contributed by atoms with Gasteiger partial charge in [-0.25, -0.2) is 0 Å². The molecule has 3 aliphatic rings. The van der Waals surface area contributed by atoms with Crippen LogP contribution in [0.5, 0.6) is 0 Å². The van der Waals surface area contributed by atoms with Crippen LogP contribution in [0.15, 0.2) is 84.9 Å². The summed E-state index contributed by atoms with van der Waals surface area (Å²) in [5.74, 6) is 1.29. The number of hydrogen-bond donors (Lipinski definition) is 0. The SMILES string of the molecule is CN(c1cc2c(cc1C1CCCC1)C(C)(C)c1ccccc1-2)c1c(-c2ccccc2)cccc1C1CCCC1. The number of rotatable bonds is 5. The first-order valence-corrected chi connectivity index (χ1v) is 15.2. The average molecular weight is 512 g/mol. The topological polar surface area (TPSA) is 3.24 Å². The van der Waals surface area contributed by atoms with Gasteiger partial charge in [0.05, 0.1) is 5.69 Å². The second kappa shape index (κ2) is 9.70. The molecular weight excluding hydrogens is 470 g/mol. The summed E-state index contributed by atoms with van der Waals surface area (Å²) in [5.41, 5.74) is 14.5. The Kier molecular flexibility index (Phi) is 6.14. The predicted molar refractivity (Wildman–Crippen MR) is 166 cm³/mol. The lowest BCUT2D eigenvalue weighted by atomic mass is 9.80. The van der Waals surface area contributed by atoms with Gasteiger partial charge in [-0.05, 0) is 82.5 Å². The second-order valence-electron chi connectivity index (χ2n) is 12.8. The molecule has 7 rings (SSSR count). The molecule has 2 saturated carbocycles. The lowest BCUT2D eigenvalue weighted by molar-refractivity contribution is 0.653. The van der Waals surface area contributed by atoms with Crippen LogP contribution in [0.3, 0.4) is 0 Å². The Labute approximate surface area is 234 Å². The Morgan fingerprint density at radius 1 is 0.590 bits per heavy atom. The molecule has 0 amide bonds. The zero-order chi connectivity index (χ0) is 26.6. The maximum atomic E-state index is 2.62. The highest BCUT2D eigenvalue weighted by Crippen LogP contribution is 2.54. The molecule has 4 aromatic carbocycles. The van der Waals surface area contributed by atoms with Crippen molar-refractivity contribution in [3.63, 3.8) is 0 Å². The summed E-state index contributed by atoms with van der Waals surface area (Å²) in [6, 6.07) is 32.4. The third-order valence-corrected chi connectivity index (χ3v) is 10.2. The highest BCUT2D eigenvalue weighted by Gasteiger charge is 2.38. The summed E-state index contributed by atoms with van der Waals surface area (Å²) in [6.45, 7) is 4.84. The Hall–Kier alpha value is -3.32. The third-order valence-electron chi connectivity index (χ3n) is 10.2. The molecule has 3 aliphatic carbocycles. The third kappa shape index (κ3) is 4.05. The summed E-state index contributed by atoms with van der Waals surface area (Å²) in [4.78, 5) is 2.60. The Morgan fingerprint density at radius 2 is 1.21 bits per heavy atom. The van der Waals surface area contributed by atoms with Crippen molar-refractivity contribution < 1.29 is 0 Å². The van der Waals surface area contributed by atoms with Crippen LogP contribution < -0.4 is 4.90 Å². The van der Waals surface area contributed by atoms with Crippen molar-refractivity contribution in [1.29, 1.82) is 0 Å². The Bertz CT molecular complexity index is 1500. The standard InChI is InChI=1S/C38H41N/c1-38(2)34-23-12-11-20-31(34)33-25-36(32(24-35(33)38)28-18-9-10-19-28)39(3)37-29(26-14-5-4-6-15-26)21-13-22-30(37)27-16-7-8-17-27/h4-6,11-15,20-25,27-28H,7-10,16-19H2,1-3H3. The fourth-order valence-corrected chi connectivity index (χ4v) is 8.08. The summed E-state index contributed by atoms with van der Waals surface area (Å²) in [7, 11) is 2.35. The minimum atomic E-state index is 0.0351. The molecule has 0 N–H and O–H groups in total. The average Bonchev–Trinajstić information content (AvgIpc) is 3.74. The van der Waals surface area contributed by atoms with Crippen molar-refractivity contribution in [2.45, 2.75) is 82.5 Å². The molecule has 198 valence electrons. The van der Waals surface area contributed by atoms with Crippen molar-refractivity contribution in [2.75, 3.05) is 11.9 Å². The summed E-state index contributed by atoms with van der Waals surface area (Å²) < 4.78 is 0. The monoisotopic (exact) mass is 511 g/mol. The smallest absolute Gasteiger partial charge is 0.0523 e. The molecule has 0 aromatic heterocycles. The second-order valence-corrected chi connectivity index (χ2v) is 12.8. The zero-order valence-corrected chi connectivity index (χ0v) is 23.8. The lowest BCUT2D eigenvalue weighted by Gasteiger charge is -2.32. The highest BCUT2D eigenvalue weighted by atomic mass is 15.1. The Morgan fingerprint density at radius 3 is 1.92 bits per heavy atom. The first-order chi connectivity index (χ1) is 19.0. The quantitative estimate of drug-likeness (QED) is 0.257. The van der Waals surface area contributed by atoms with Crippen LogP contribution in [-0.4, -0.2) is 7.05 Å². The van der Waals surface area contributed by atoms with E-state index >= 15 is 0 Å². The van der Waals surface area contributed by atoms with Crippen LogP contribution in [0, 0.1) is 0 Å². The number of para-hydroxylation sites is 1. The van der Waals surface area contributed by atoms with Crippen LogP contribution in [0.4, 0.5) is 11.4 Å². The molecular formula is C38H41N. The van der Waals surface area contributed by atoms with Gasteiger partial charge in [-0.15, -0.1) is 0 Å². The van der Waals surface area contributed by atoms with E-state index in [2.05, 4.69) is 111 Å². The molecule has 0 aliphatic heterocycles. The maximum Gasteiger partial charge on any atom is 0.0523 e. The zero-order valence-electron chi connectivity index (χ0n) is 23.8. The van der Waals surface area contributed by atoms with Gasteiger partial charge in [0.15, 0.2) is 0 Å². The van der Waals surface area contributed by atoms with E-state index in [9.17, 15) is 0 Å². The van der Waals surface area contributed by atoms with Gasteiger partial charge < -0.3 is 4.90 Å². The molecule has 0 spiro atoms. The number of anilines is 2. The van der Waals surface area contributed by atoms with E-state index in [4.69, 9.17) is 0 Å². The van der Waals surface area contributed by atoms with Crippen molar-refractivity contribution in [3.05, 3.63) is 107 Å². The summed E-state index contributed by atoms with van der Waals surface area (Å²) in [5, 5.41) is 0. The molecule has 39 heavy (non-hydrogen) atoms. The maximum absolute atomic E-state index is 2.62. The first kappa shape index (κ1) is 24.7. The van der Waals surface area contributed by atoms with Crippen molar-refractivity contribution in [1.82, 2.24) is 0 Å². The van der Waals surface area contributed by atoms with Gasteiger partial charge in [-0.2, -0.15) is 0 Å². The molecule has 0 heterocycles. The summed E-state index contributed by atoms with van der Waals surface area (Å²) >= 11 is 0. The summed E-state index contributed by atoms with van der Waals surface area (Å²) in [6.07, 6.45) is 10.6. The van der Waals surface area contributed by atoms with E-state index < -0.39 is 0 Å². The number of hydrogen-bond acceptors (Lipinski definition) is 1.